The zero-order chi connectivity index (χ0) is 19.4. The van der Waals surface area contributed by atoms with Gasteiger partial charge in [0.25, 0.3) is 0 Å². The van der Waals surface area contributed by atoms with Crippen molar-refractivity contribution in [3.63, 3.8) is 0 Å². The Morgan fingerprint density at radius 1 is 1.30 bits per heavy atom. The third-order valence-electron chi connectivity index (χ3n) is 4.67. The van der Waals surface area contributed by atoms with Crippen molar-refractivity contribution in [3.05, 3.63) is 42.0 Å². The Morgan fingerprint density at radius 2 is 2.11 bits per heavy atom. The quantitative estimate of drug-likeness (QED) is 0.765. The van der Waals surface area contributed by atoms with Gasteiger partial charge < -0.3 is 15.5 Å². The molecule has 144 valence electrons. The molecule has 3 rings (SSSR count). The Hall–Kier alpha value is -2.90. The monoisotopic (exact) mass is 373 g/mol. The van der Waals surface area contributed by atoms with E-state index in [9.17, 15) is 14.0 Å². The third-order valence-corrected chi connectivity index (χ3v) is 4.67. The number of urea groups is 1. The fraction of sp³-hybridized carbons (Fsp3) is 0.421. The van der Waals surface area contributed by atoms with E-state index in [1.165, 1.54) is 18.2 Å². The Kier molecular flexibility index (Phi) is 5.73. The third kappa shape index (κ3) is 4.64. The zero-order valence-electron chi connectivity index (χ0n) is 15.5. The van der Waals surface area contributed by atoms with Gasteiger partial charge in [0.1, 0.15) is 5.82 Å². The Bertz CT molecular complexity index is 806. The predicted molar refractivity (Wildman–Crippen MR) is 101 cm³/mol. The van der Waals surface area contributed by atoms with E-state index in [0.29, 0.717) is 18.8 Å². The van der Waals surface area contributed by atoms with Crippen LogP contribution in [0.4, 0.5) is 20.6 Å². The number of carbonyl (C=O) groups is 2. The van der Waals surface area contributed by atoms with Gasteiger partial charge in [0, 0.05) is 42.5 Å². The predicted octanol–water partition coefficient (Wildman–Crippen LogP) is 3.55. The highest BCUT2D eigenvalue weighted by Gasteiger charge is 2.25. The number of likely N-dealkylation sites (tertiary alicyclic amines) is 1. The summed E-state index contributed by atoms with van der Waals surface area (Å²) in [4.78, 5) is 26.2. The first-order valence-electron chi connectivity index (χ1n) is 9.09. The molecule has 3 N–H and O–H groups in total. The molecule has 1 atom stereocenters. The zero-order valence-corrected chi connectivity index (χ0v) is 15.5. The van der Waals surface area contributed by atoms with Gasteiger partial charge in [0.05, 0.1) is 5.69 Å². The van der Waals surface area contributed by atoms with Crippen LogP contribution in [0.25, 0.3) is 0 Å². The van der Waals surface area contributed by atoms with Gasteiger partial charge in [-0.3, -0.25) is 9.89 Å². The molecule has 0 unspecified atom stereocenters. The minimum absolute atomic E-state index is 0.0560. The van der Waals surface area contributed by atoms with Crippen LogP contribution in [-0.2, 0) is 4.79 Å². The topological polar surface area (TPSA) is 90.1 Å². The number of nitrogens with one attached hydrogen (secondary N) is 3. The van der Waals surface area contributed by atoms with Gasteiger partial charge >= 0.3 is 6.03 Å². The molecule has 2 heterocycles. The molecule has 0 radical (unpaired) electrons. The van der Waals surface area contributed by atoms with Crippen LogP contribution in [0.15, 0.2) is 30.5 Å². The van der Waals surface area contributed by atoms with Crippen molar-refractivity contribution >= 4 is 23.3 Å². The van der Waals surface area contributed by atoms with E-state index >= 15 is 0 Å². The minimum atomic E-state index is -0.542. The number of aromatic amines is 1. The maximum Gasteiger partial charge on any atom is 0.321 e. The van der Waals surface area contributed by atoms with E-state index in [1.54, 1.807) is 24.9 Å². The lowest BCUT2D eigenvalue weighted by molar-refractivity contribution is -0.118. The number of benzene rings is 1. The van der Waals surface area contributed by atoms with Crippen molar-refractivity contribution in [3.8, 4) is 0 Å². The van der Waals surface area contributed by atoms with E-state index in [-0.39, 0.29) is 29.5 Å². The van der Waals surface area contributed by atoms with E-state index in [2.05, 4.69) is 20.8 Å². The summed E-state index contributed by atoms with van der Waals surface area (Å²) < 4.78 is 13.9. The van der Waals surface area contributed by atoms with Crippen molar-refractivity contribution in [1.82, 2.24) is 15.1 Å². The molecular weight excluding hydrogens is 349 g/mol. The highest BCUT2D eigenvalue weighted by molar-refractivity contribution is 5.94. The van der Waals surface area contributed by atoms with E-state index in [1.807, 2.05) is 6.07 Å². The standard InChI is InChI=1S/C19H24FN5O2/c1-12(2)18(26)23-17-10-14(5-6-15(17)20)22-19(27)25-9-3-4-13(11-25)16-7-8-21-24-16/h5-8,10,12-13H,3-4,9,11H2,1-2H3,(H,21,24)(H,22,27)(H,23,26)/t13-/m1/s1. The van der Waals surface area contributed by atoms with Crippen LogP contribution in [0, 0.1) is 11.7 Å². The molecule has 1 aliphatic rings. The number of hydrogen-bond acceptors (Lipinski definition) is 3. The lowest BCUT2D eigenvalue weighted by Gasteiger charge is -2.32. The first kappa shape index (κ1) is 18.9. The van der Waals surface area contributed by atoms with Gasteiger partial charge in [-0.25, -0.2) is 9.18 Å². The van der Waals surface area contributed by atoms with E-state index < -0.39 is 5.82 Å². The van der Waals surface area contributed by atoms with Crippen molar-refractivity contribution in [2.24, 2.45) is 5.92 Å². The minimum Gasteiger partial charge on any atom is -0.324 e. The van der Waals surface area contributed by atoms with Crippen LogP contribution in [0.5, 0.6) is 0 Å². The molecule has 1 aliphatic heterocycles. The second-order valence-corrected chi connectivity index (χ2v) is 7.07. The fourth-order valence-electron chi connectivity index (χ4n) is 3.09. The normalized spacial score (nSPS) is 17.0. The van der Waals surface area contributed by atoms with Crippen LogP contribution in [0.3, 0.4) is 0 Å². The Morgan fingerprint density at radius 3 is 2.81 bits per heavy atom. The summed E-state index contributed by atoms with van der Waals surface area (Å²) in [7, 11) is 0. The second-order valence-electron chi connectivity index (χ2n) is 7.07. The number of rotatable bonds is 4. The maximum atomic E-state index is 13.9. The molecular formula is C19H24FN5O2. The molecule has 1 aromatic carbocycles. The first-order valence-corrected chi connectivity index (χ1v) is 9.09. The highest BCUT2D eigenvalue weighted by atomic mass is 19.1. The molecule has 0 aliphatic carbocycles. The number of anilines is 2. The summed E-state index contributed by atoms with van der Waals surface area (Å²) in [6.07, 6.45) is 3.60. The average Bonchev–Trinajstić information content (AvgIpc) is 3.19. The summed E-state index contributed by atoms with van der Waals surface area (Å²) >= 11 is 0. The number of hydrogen-bond donors (Lipinski definition) is 3. The molecule has 0 bridgehead atoms. The molecule has 1 aromatic heterocycles. The number of amides is 3. The largest absolute Gasteiger partial charge is 0.324 e. The van der Waals surface area contributed by atoms with Crippen LogP contribution in [-0.4, -0.2) is 40.1 Å². The summed E-state index contributed by atoms with van der Waals surface area (Å²) in [6, 6.07) is 5.83. The second kappa shape index (κ2) is 8.20. The van der Waals surface area contributed by atoms with Crippen molar-refractivity contribution in [1.29, 1.82) is 0 Å². The number of halogens is 1. The van der Waals surface area contributed by atoms with Gasteiger partial charge in [-0.1, -0.05) is 13.8 Å². The maximum absolute atomic E-state index is 13.9. The molecule has 7 nitrogen and oxygen atoms in total. The van der Waals surface area contributed by atoms with Gasteiger partial charge in [-0.2, -0.15) is 5.10 Å². The van der Waals surface area contributed by atoms with Crippen molar-refractivity contribution in [2.75, 3.05) is 23.7 Å². The molecule has 2 aromatic rings. The summed E-state index contributed by atoms with van der Waals surface area (Å²) in [5.74, 6) is -0.869. The molecule has 8 heteroatoms. The average molecular weight is 373 g/mol. The number of carbonyl (C=O) groups excluding carboxylic acids is 2. The van der Waals surface area contributed by atoms with Crippen LogP contribution in [0.2, 0.25) is 0 Å². The fourth-order valence-corrected chi connectivity index (χ4v) is 3.09. The summed E-state index contributed by atoms with van der Waals surface area (Å²) in [5, 5.41) is 12.3. The van der Waals surface area contributed by atoms with E-state index in [4.69, 9.17) is 0 Å². The van der Waals surface area contributed by atoms with E-state index in [0.717, 1.165) is 18.5 Å². The number of piperidine rings is 1. The molecule has 27 heavy (non-hydrogen) atoms. The molecule has 1 saturated heterocycles. The SMILES string of the molecule is CC(C)C(=O)Nc1cc(NC(=O)N2CCC[C@@H](c3ccn[nH]3)C2)ccc1F. The van der Waals surface area contributed by atoms with Crippen LogP contribution < -0.4 is 10.6 Å². The summed E-state index contributed by atoms with van der Waals surface area (Å²) in [6.45, 7) is 4.71. The number of H-pyrrole nitrogens is 1. The molecule has 0 spiro atoms. The van der Waals surface area contributed by atoms with Gasteiger partial charge in [0.15, 0.2) is 0 Å². The highest BCUT2D eigenvalue weighted by Crippen LogP contribution is 2.26. The Balaban J connectivity index is 1.66. The molecule has 1 fully saturated rings. The lowest BCUT2D eigenvalue weighted by Crippen LogP contribution is -2.41. The summed E-state index contributed by atoms with van der Waals surface area (Å²) in [5.41, 5.74) is 1.51. The van der Waals surface area contributed by atoms with Gasteiger partial charge in [0.2, 0.25) is 5.91 Å². The van der Waals surface area contributed by atoms with Crippen LogP contribution >= 0.6 is 0 Å². The van der Waals surface area contributed by atoms with Crippen molar-refractivity contribution in [2.45, 2.75) is 32.6 Å². The Labute approximate surface area is 157 Å². The van der Waals surface area contributed by atoms with Gasteiger partial charge in [-0.15, -0.1) is 0 Å². The molecule has 0 saturated carbocycles. The number of nitrogens with zero attached hydrogens (tertiary/aromatic N) is 2. The lowest BCUT2D eigenvalue weighted by atomic mass is 9.95. The first-order chi connectivity index (χ1) is 12.9. The van der Waals surface area contributed by atoms with Gasteiger partial charge in [-0.05, 0) is 37.1 Å². The smallest absolute Gasteiger partial charge is 0.321 e. The van der Waals surface area contributed by atoms with Crippen molar-refractivity contribution < 1.29 is 14.0 Å². The number of aromatic nitrogens is 2. The molecule has 3 amide bonds. The van der Waals surface area contributed by atoms with Crippen LogP contribution in [0.1, 0.15) is 38.3 Å².